The summed E-state index contributed by atoms with van der Waals surface area (Å²) in [5, 5.41) is 4.81. The molecule has 0 N–H and O–H groups in total. The van der Waals surface area contributed by atoms with E-state index in [0.717, 1.165) is 38.9 Å². The zero-order valence-corrected chi connectivity index (χ0v) is 21.9. The van der Waals surface area contributed by atoms with Crippen molar-refractivity contribution < 1.29 is 0 Å². The monoisotopic (exact) mass is 498 g/mol. The molecule has 184 valence electrons. The first kappa shape index (κ1) is 22.2. The van der Waals surface area contributed by atoms with E-state index in [-0.39, 0.29) is 5.41 Å². The molecule has 7 aromatic rings. The Labute approximate surface area is 227 Å². The van der Waals surface area contributed by atoms with Crippen LogP contribution in [0.2, 0.25) is 0 Å². The van der Waals surface area contributed by atoms with Gasteiger partial charge in [0.25, 0.3) is 0 Å². The zero-order valence-electron chi connectivity index (χ0n) is 21.9. The molecule has 0 unspecified atom stereocenters. The first-order valence-electron chi connectivity index (χ1n) is 13.5. The number of rotatable bonds is 2. The minimum absolute atomic E-state index is 0.00807. The van der Waals surface area contributed by atoms with Gasteiger partial charge in [-0.05, 0) is 50.5 Å². The Morgan fingerprint density at radius 3 is 2.15 bits per heavy atom. The fourth-order valence-electron chi connectivity index (χ4n) is 6.47. The predicted molar refractivity (Wildman–Crippen MR) is 163 cm³/mol. The Morgan fingerprint density at radius 1 is 0.513 bits per heavy atom. The van der Waals surface area contributed by atoms with Crippen LogP contribution in [0.25, 0.3) is 66.2 Å². The second-order valence-electron chi connectivity index (χ2n) is 11.0. The Morgan fingerprint density at radius 2 is 1.26 bits per heavy atom. The fraction of sp³-hybridized carbons (Fsp3) is 0.0811. The second kappa shape index (κ2) is 8.09. The van der Waals surface area contributed by atoms with Gasteiger partial charge in [-0.25, -0.2) is 9.97 Å². The van der Waals surface area contributed by atoms with Crippen LogP contribution in [0.4, 0.5) is 0 Å². The van der Waals surface area contributed by atoms with Crippen LogP contribution in [0.1, 0.15) is 25.0 Å². The molecule has 1 heterocycles. The largest absolute Gasteiger partial charge is 0.244 e. The van der Waals surface area contributed by atoms with Crippen molar-refractivity contribution in [3.8, 4) is 33.6 Å². The van der Waals surface area contributed by atoms with E-state index >= 15 is 0 Å². The smallest absolute Gasteiger partial charge is 0.0973 e. The Hall–Kier alpha value is -4.82. The molecule has 0 radical (unpaired) electrons. The summed E-state index contributed by atoms with van der Waals surface area (Å²) in [5.74, 6) is 0. The number of hydrogen-bond donors (Lipinski definition) is 0. The van der Waals surface area contributed by atoms with Gasteiger partial charge >= 0.3 is 0 Å². The fourth-order valence-corrected chi connectivity index (χ4v) is 6.47. The van der Waals surface area contributed by atoms with Gasteiger partial charge in [-0.1, -0.05) is 123 Å². The van der Waals surface area contributed by atoms with Crippen molar-refractivity contribution in [2.45, 2.75) is 19.3 Å². The van der Waals surface area contributed by atoms with E-state index in [9.17, 15) is 0 Å². The van der Waals surface area contributed by atoms with Crippen molar-refractivity contribution in [1.29, 1.82) is 0 Å². The molecule has 0 saturated heterocycles. The zero-order chi connectivity index (χ0) is 26.1. The maximum Gasteiger partial charge on any atom is 0.0973 e. The lowest BCUT2D eigenvalue weighted by Crippen LogP contribution is -2.14. The molecule has 0 saturated carbocycles. The molecule has 1 aromatic heterocycles. The third-order valence-electron chi connectivity index (χ3n) is 8.44. The molecule has 2 nitrogen and oxygen atoms in total. The van der Waals surface area contributed by atoms with Gasteiger partial charge in [0.2, 0.25) is 0 Å². The van der Waals surface area contributed by atoms with E-state index < -0.39 is 0 Å². The van der Waals surface area contributed by atoms with Crippen molar-refractivity contribution in [3.05, 3.63) is 132 Å². The maximum atomic E-state index is 5.27. The van der Waals surface area contributed by atoms with Crippen LogP contribution in [0.5, 0.6) is 0 Å². The maximum absolute atomic E-state index is 5.27. The molecule has 0 amide bonds. The highest BCUT2D eigenvalue weighted by Gasteiger charge is 2.36. The summed E-state index contributed by atoms with van der Waals surface area (Å²) in [4.78, 5) is 10.5. The van der Waals surface area contributed by atoms with Gasteiger partial charge in [0, 0.05) is 21.9 Å². The normalized spacial score (nSPS) is 13.6. The number of benzene rings is 6. The average molecular weight is 499 g/mol. The quantitative estimate of drug-likeness (QED) is 0.222. The molecule has 0 fully saturated rings. The van der Waals surface area contributed by atoms with Gasteiger partial charge in [-0.2, -0.15) is 0 Å². The standard InChI is InChI=1S/C37H26N2/c1-37(2)30-15-9-8-14-29(30)33-27-19-16-26(22-25(27)17-20-31(33)37)35-34(24-11-4-3-5-12-24)39-36-28-13-7-6-10-23(28)18-21-32(36)38-35/h3-22H,1-2H3. The van der Waals surface area contributed by atoms with Gasteiger partial charge < -0.3 is 0 Å². The van der Waals surface area contributed by atoms with Crippen LogP contribution in [-0.2, 0) is 5.41 Å². The van der Waals surface area contributed by atoms with E-state index in [1.807, 2.05) is 6.07 Å². The molecule has 1 aliphatic rings. The van der Waals surface area contributed by atoms with Gasteiger partial charge in [0.05, 0.1) is 22.4 Å². The number of nitrogens with zero attached hydrogens (tertiary/aromatic N) is 2. The number of fused-ring (bicyclic) bond motifs is 8. The van der Waals surface area contributed by atoms with Crippen LogP contribution < -0.4 is 0 Å². The van der Waals surface area contributed by atoms with E-state index in [0.29, 0.717) is 0 Å². The van der Waals surface area contributed by atoms with E-state index in [1.165, 1.54) is 38.4 Å². The van der Waals surface area contributed by atoms with Gasteiger partial charge in [0.15, 0.2) is 0 Å². The van der Waals surface area contributed by atoms with Crippen molar-refractivity contribution >= 4 is 32.6 Å². The van der Waals surface area contributed by atoms with E-state index in [1.54, 1.807) is 0 Å². The molecule has 6 aromatic carbocycles. The molecule has 39 heavy (non-hydrogen) atoms. The highest BCUT2D eigenvalue weighted by Crippen LogP contribution is 2.51. The Bertz CT molecular complexity index is 2090. The third kappa shape index (κ3) is 3.21. The van der Waals surface area contributed by atoms with Crippen molar-refractivity contribution in [3.63, 3.8) is 0 Å². The Balaban J connectivity index is 1.39. The Kier molecular flexibility index (Phi) is 4.60. The minimum Gasteiger partial charge on any atom is -0.244 e. The summed E-state index contributed by atoms with van der Waals surface area (Å²) < 4.78 is 0. The topological polar surface area (TPSA) is 25.8 Å². The average Bonchev–Trinajstić information content (AvgIpc) is 3.23. The highest BCUT2D eigenvalue weighted by molar-refractivity contribution is 6.07. The van der Waals surface area contributed by atoms with Crippen molar-refractivity contribution in [1.82, 2.24) is 9.97 Å². The van der Waals surface area contributed by atoms with Crippen molar-refractivity contribution in [2.75, 3.05) is 0 Å². The molecule has 1 aliphatic carbocycles. The van der Waals surface area contributed by atoms with Gasteiger partial charge in [-0.3, -0.25) is 0 Å². The van der Waals surface area contributed by atoms with Crippen molar-refractivity contribution in [2.24, 2.45) is 0 Å². The predicted octanol–water partition coefficient (Wildman–Crippen LogP) is 9.58. The van der Waals surface area contributed by atoms with Gasteiger partial charge in [-0.15, -0.1) is 0 Å². The molecule has 0 aliphatic heterocycles. The van der Waals surface area contributed by atoms with Crippen LogP contribution in [-0.4, -0.2) is 9.97 Å². The molecule has 2 heteroatoms. The lowest BCUT2D eigenvalue weighted by molar-refractivity contribution is 0.661. The summed E-state index contributed by atoms with van der Waals surface area (Å²) in [6.07, 6.45) is 0. The summed E-state index contributed by atoms with van der Waals surface area (Å²) >= 11 is 0. The second-order valence-corrected chi connectivity index (χ2v) is 11.0. The number of aromatic nitrogens is 2. The summed E-state index contributed by atoms with van der Waals surface area (Å²) in [6.45, 7) is 4.66. The molecule has 8 rings (SSSR count). The van der Waals surface area contributed by atoms with E-state index in [4.69, 9.17) is 9.97 Å². The highest BCUT2D eigenvalue weighted by atomic mass is 14.8. The van der Waals surface area contributed by atoms with Crippen LogP contribution >= 0.6 is 0 Å². The van der Waals surface area contributed by atoms with E-state index in [2.05, 4.69) is 129 Å². The molecule has 0 atom stereocenters. The molecule has 0 spiro atoms. The lowest BCUT2D eigenvalue weighted by Gasteiger charge is -2.21. The minimum atomic E-state index is -0.00807. The van der Waals surface area contributed by atoms with Crippen LogP contribution in [0.15, 0.2) is 121 Å². The number of hydrogen-bond acceptors (Lipinski definition) is 2. The van der Waals surface area contributed by atoms with Crippen LogP contribution in [0.3, 0.4) is 0 Å². The first-order chi connectivity index (χ1) is 19.1. The lowest BCUT2D eigenvalue weighted by atomic mass is 9.82. The third-order valence-corrected chi connectivity index (χ3v) is 8.44. The molecular formula is C37H26N2. The first-order valence-corrected chi connectivity index (χ1v) is 13.5. The molecule has 0 bridgehead atoms. The summed E-state index contributed by atoms with van der Waals surface area (Å²) in [6, 6.07) is 43.3. The van der Waals surface area contributed by atoms with Crippen LogP contribution in [0, 0.1) is 0 Å². The summed E-state index contributed by atoms with van der Waals surface area (Å²) in [5.41, 5.74) is 11.3. The molecular weight excluding hydrogens is 472 g/mol. The summed E-state index contributed by atoms with van der Waals surface area (Å²) in [7, 11) is 0. The SMILES string of the molecule is CC1(C)c2ccccc2-c2c1ccc1cc(-c3nc4ccc5ccccc5c4nc3-c3ccccc3)ccc21. The van der Waals surface area contributed by atoms with Gasteiger partial charge in [0.1, 0.15) is 0 Å².